The van der Waals surface area contributed by atoms with E-state index in [0.29, 0.717) is 6.54 Å². The molecule has 3 N–H and O–H groups in total. The molecular weight excluding hydrogens is 362 g/mol. The number of halogens is 1. The van der Waals surface area contributed by atoms with Gasteiger partial charge in [-0.05, 0) is 32.6 Å². The Hall–Kier alpha value is -1.57. The van der Waals surface area contributed by atoms with Gasteiger partial charge in [-0.15, -0.1) is 0 Å². The number of imide groups is 1. The fourth-order valence-corrected chi connectivity index (χ4v) is 3.22. The molecule has 0 aliphatic carbocycles. The third kappa shape index (κ3) is 4.04. The van der Waals surface area contributed by atoms with Crippen molar-refractivity contribution in [2.45, 2.75) is 32.2 Å². The second kappa shape index (κ2) is 7.33. The number of rotatable bonds is 4. The minimum atomic E-state index is -0.803. The number of piperidine rings is 1. The number of hydrogen-bond donors (Lipinski definition) is 3. The summed E-state index contributed by atoms with van der Waals surface area (Å²) >= 11 is 3.32. The Bertz CT molecular complexity index is 528. The molecule has 0 aromatic heterocycles. The van der Waals surface area contributed by atoms with Crippen LogP contribution in [-0.2, 0) is 4.79 Å². The highest BCUT2D eigenvalue weighted by Gasteiger charge is 2.48. The number of guanidine groups is 1. The van der Waals surface area contributed by atoms with Crippen LogP contribution >= 0.6 is 15.9 Å². The van der Waals surface area contributed by atoms with Gasteiger partial charge in [0, 0.05) is 24.1 Å². The van der Waals surface area contributed by atoms with Gasteiger partial charge in [0.25, 0.3) is 5.91 Å². The smallest absolute Gasteiger partial charge is 0.322 e. The summed E-state index contributed by atoms with van der Waals surface area (Å²) in [5.74, 6) is 0.757. The summed E-state index contributed by atoms with van der Waals surface area (Å²) in [5.41, 5.74) is -0.803. The molecule has 2 aliphatic heterocycles. The molecule has 7 nitrogen and oxygen atoms in total. The number of carbonyl (C=O) groups excluding carboxylic acids is 2. The first kappa shape index (κ1) is 17.8. The van der Waals surface area contributed by atoms with E-state index in [-0.39, 0.29) is 11.8 Å². The van der Waals surface area contributed by atoms with Gasteiger partial charge in [-0.3, -0.25) is 10.1 Å². The Morgan fingerprint density at radius 3 is 2.61 bits per heavy atom. The van der Waals surface area contributed by atoms with Crippen molar-refractivity contribution in [2.24, 2.45) is 10.9 Å². The third-order valence-electron chi connectivity index (χ3n) is 4.42. The Labute approximate surface area is 145 Å². The van der Waals surface area contributed by atoms with Crippen LogP contribution in [0.15, 0.2) is 16.1 Å². The van der Waals surface area contributed by atoms with E-state index in [2.05, 4.69) is 48.4 Å². The molecule has 2 saturated heterocycles. The quantitative estimate of drug-likeness (QED) is 0.385. The summed E-state index contributed by atoms with van der Waals surface area (Å²) < 4.78 is 0.834. The van der Waals surface area contributed by atoms with Crippen molar-refractivity contribution in [2.75, 3.05) is 26.2 Å². The fourth-order valence-electron chi connectivity index (χ4n) is 3.10. The molecule has 0 aromatic rings. The molecule has 2 aliphatic rings. The van der Waals surface area contributed by atoms with Crippen LogP contribution in [0.2, 0.25) is 0 Å². The predicted molar refractivity (Wildman–Crippen MR) is 93.4 cm³/mol. The second-order valence-electron chi connectivity index (χ2n) is 6.06. The van der Waals surface area contributed by atoms with E-state index in [1.807, 2.05) is 13.8 Å². The fraction of sp³-hybridized carbons (Fsp3) is 0.667. The van der Waals surface area contributed by atoms with Crippen LogP contribution in [0.25, 0.3) is 0 Å². The molecule has 0 spiro atoms. The van der Waals surface area contributed by atoms with Crippen molar-refractivity contribution in [3.05, 3.63) is 11.1 Å². The van der Waals surface area contributed by atoms with Crippen LogP contribution in [0.5, 0.6) is 0 Å². The van der Waals surface area contributed by atoms with Crippen LogP contribution in [0.4, 0.5) is 4.79 Å². The van der Waals surface area contributed by atoms with Gasteiger partial charge in [-0.25, -0.2) is 9.79 Å². The molecule has 2 heterocycles. The van der Waals surface area contributed by atoms with Gasteiger partial charge in [-0.1, -0.05) is 22.5 Å². The van der Waals surface area contributed by atoms with Gasteiger partial charge in [0.05, 0.1) is 6.54 Å². The summed E-state index contributed by atoms with van der Waals surface area (Å²) in [6.45, 7) is 10.6. The van der Waals surface area contributed by atoms with Crippen molar-refractivity contribution >= 4 is 33.8 Å². The van der Waals surface area contributed by atoms with Crippen LogP contribution in [0, 0.1) is 5.92 Å². The van der Waals surface area contributed by atoms with E-state index in [9.17, 15) is 9.59 Å². The zero-order valence-corrected chi connectivity index (χ0v) is 15.2. The molecule has 0 saturated carbocycles. The lowest BCUT2D eigenvalue weighted by molar-refractivity contribution is -0.125. The number of nitrogens with one attached hydrogen (secondary N) is 3. The molecule has 128 valence electrons. The number of hydrogen-bond acceptors (Lipinski definition) is 3. The molecule has 2 rings (SSSR count). The third-order valence-corrected chi connectivity index (χ3v) is 4.67. The highest BCUT2D eigenvalue weighted by Crippen LogP contribution is 2.30. The van der Waals surface area contributed by atoms with Crippen molar-refractivity contribution in [1.82, 2.24) is 20.9 Å². The van der Waals surface area contributed by atoms with E-state index < -0.39 is 11.6 Å². The average Bonchev–Trinajstić information content (AvgIpc) is 2.77. The lowest BCUT2D eigenvalue weighted by Gasteiger charge is -2.39. The molecule has 0 bridgehead atoms. The summed E-state index contributed by atoms with van der Waals surface area (Å²) in [6, 6.07) is -0.398. The van der Waals surface area contributed by atoms with Crippen molar-refractivity contribution in [3.8, 4) is 0 Å². The van der Waals surface area contributed by atoms with Crippen molar-refractivity contribution in [3.63, 3.8) is 0 Å². The van der Waals surface area contributed by atoms with Gasteiger partial charge in [0.1, 0.15) is 5.54 Å². The van der Waals surface area contributed by atoms with Gasteiger partial charge in [0.2, 0.25) is 0 Å². The number of carbonyl (C=O) groups is 2. The topological polar surface area (TPSA) is 85.8 Å². The van der Waals surface area contributed by atoms with Gasteiger partial charge in [-0.2, -0.15) is 0 Å². The zero-order chi connectivity index (χ0) is 17.0. The maximum atomic E-state index is 12.0. The van der Waals surface area contributed by atoms with Gasteiger partial charge in [0.15, 0.2) is 5.96 Å². The largest absolute Gasteiger partial charge is 0.357 e. The molecule has 2 fully saturated rings. The van der Waals surface area contributed by atoms with Gasteiger partial charge >= 0.3 is 6.03 Å². The molecule has 1 unspecified atom stereocenters. The molecule has 1 atom stereocenters. The number of likely N-dealkylation sites (tertiary alicyclic amines) is 1. The summed E-state index contributed by atoms with van der Waals surface area (Å²) in [6.07, 6.45) is 1.65. The first-order valence-corrected chi connectivity index (χ1v) is 8.66. The van der Waals surface area contributed by atoms with Crippen LogP contribution in [0.3, 0.4) is 0 Å². The first-order valence-electron chi connectivity index (χ1n) is 7.87. The normalized spacial score (nSPS) is 26.0. The van der Waals surface area contributed by atoms with Crippen LogP contribution < -0.4 is 16.0 Å². The number of urea groups is 1. The van der Waals surface area contributed by atoms with Gasteiger partial charge < -0.3 is 15.5 Å². The number of aliphatic imine (C=N–C) groups is 1. The number of amides is 3. The minimum Gasteiger partial charge on any atom is -0.357 e. The van der Waals surface area contributed by atoms with E-state index >= 15 is 0 Å². The summed E-state index contributed by atoms with van der Waals surface area (Å²) in [5, 5.41) is 8.40. The SMILES string of the molecule is C=C(Br)CN=C(NCC)N1CCC(C2(C)NC(=O)NC2=O)CC1. The zero-order valence-electron chi connectivity index (χ0n) is 13.6. The monoisotopic (exact) mass is 385 g/mol. The molecule has 8 heteroatoms. The predicted octanol–water partition coefficient (Wildman–Crippen LogP) is 1.17. The van der Waals surface area contributed by atoms with E-state index in [1.165, 1.54) is 0 Å². The molecular formula is C15H24BrN5O2. The highest BCUT2D eigenvalue weighted by atomic mass is 79.9. The lowest BCUT2D eigenvalue weighted by Crippen LogP contribution is -2.55. The van der Waals surface area contributed by atoms with Crippen molar-refractivity contribution < 1.29 is 9.59 Å². The molecule has 3 amide bonds. The van der Waals surface area contributed by atoms with E-state index in [0.717, 1.165) is 42.9 Å². The standard InChI is InChI=1S/C15H24BrN5O2/c1-4-17-13(18-9-10(2)16)21-7-5-11(6-8-21)15(3)12(22)19-14(23)20-15/h11H,2,4-9H2,1,3H3,(H,17,18)(H2,19,20,22,23). The summed E-state index contributed by atoms with van der Waals surface area (Å²) in [7, 11) is 0. The molecule has 0 aromatic carbocycles. The minimum absolute atomic E-state index is 0.124. The van der Waals surface area contributed by atoms with Crippen molar-refractivity contribution in [1.29, 1.82) is 0 Å². The van der Waals surface area contributed by atoms with Crippen LogP contribution in [0.1, 0.15) is 26.7 Å². The summed E-state index contributed by atoms with van der Waals surface area (Å²) in [4.78, 5) is 30.2. The maximum Gasteiger partial charge on any atom is 0.322 e. The van der Waals surface area contributed by atoms with E-state index in [1.54, 1.807) is 0 Å². The molecule has 0 radical (unpaired) electrons. The highest BCUT2D eigenvalue weighted by molar-refractivity contribution is 9.11. The maximum absolute atomic E-state index is 12.0. The van der Waals surface area contributed by atoms with Crippen LogP contribution in [-0.4, -0.2) is 54.5 Å². The first-order chi connectivity index (χ1) is 10.9. The Kier molecular flexibility index (Phi) is 5.67. The Balaban J connectivity index is 1.99. The average molecular weight is 386 g/mol. The Morgan fingerprint density at radius 1 is 1.48 bits per heavy atom. The number of nitrogens with zero attached hydrogens (tertiary/aromatic N) is 2. The molecule has 23 heavy (non-hydrogen) atoms. The lowest BCUT2D eigenvalue weighted by atomic mass is 9.79. The Morgan fingerprint density at radius 2 is 2.13 bits per heavy atom. The van der Waals surface area contributed by atoms with E-state index in [4.69, 9.17) is 0 Å². The second-order valence-corrected chi connectivity index (χ2v) is 7.18.